The van der Waals surface area contributed by atoms with Crippen molar-refractivity contribution >= 4 is 5.78 Å². The minimum atomic E-state index is -0.981. The van der Waals surface area contributed by atoms with Gasteiger partial charge in [0.2, 0.25) is 0 Å². The van der Waals surface area contributed by atoms with Crippen LogP contribution in [-0.4, -0.2) is 39.9 Å². The lowest BCUT2D eigenvalue weighted by Crippen LogP contribution is -2.16. The molecule has 1 aromatic carbocycles. The summed E-state index contributed by atoms with van der Waals surface area (Å²) in [4.78, 5) is 12.1. The molecular formula is C28H42O5. The average molecular weight is 459 g/mol. The van der Waals surface area contributed by atoms with Gasteiger partial charge in [0.15, 0.2) is 5.78 Å². The minimum absolute atomic E-state index is 0.0248. The number of ether oxygens (including phenoxy) is 1. The lowest BCUT2D eigenvalue weighted by atomic mass is 9.95. The van der Waals surface area contributed by atoms with Crippen LogP contribution in [0.4, 0.5) is 0 Å². The quantitative estimate of drug-likeness (QED) is 0.265. The van der Waals surface area contributed by atoms with E-state index in [9.17, 15) is 20.1 Å². The molecule has 0 aromatic heterocycles. The maximum absolute atomic E-state index is 12.1. The SMILES string of the molecule is COc1cc(C)c(O)c(CC=C(C)CC(O)C=C(C)CCCC(C)C(=O)C=CC(C)(C)O)c1. The van der Waals surface area contributed by atoms with Crippen LogP contribution < -0.4 is 4.74 Å². The molecule has 33 heavy (non-hydrogen) atoms. The number of hydrogen-bond donors (Lipinski definition) is 3. The van der Waals surface area contributed by atoms with Crippen molar-refractivity contribution in [1.82, 2.24) is 0 Å². The summed E-state index contributed by atoms with van der Waals surface area (Å²) in [6.45, 7) is 11.0. The van der Waals surface area contributed by atoms with E-state index in [0.717, 1.165) is 41.5 Å². The number of carbonyl (C=O) groups excluding carboxylic acids is 1. The van der Waals surface area contributed by atoms with Crippen LogP contribution in [0.3, 0.4) is 0 Å². The number of aryl methyl sites for hydroxylation is 1. The summed E-state index contributed by atoms with van der Waals surface area (Å²) in [5.74, 6) is 0.925. The highest BCUT2D eigenvalue weighted by Crippen LogP contribution is 2.28. The molecule has 0 saturated heterocycles. The summed E-state index contributed by atoms with van der Waals surface area (Å²) < 4.78 is 5.28. The van der Waals surface area contributed by atoms with Crippen LogP contribution in [0.1, 0.15) is 71.4 Å². The van der Waals surface area contributed by atoms with Crippen LogP contribution in [0, 0.1) is 12.8 Å². The van der Waals surface area contributed by atoms with Crippen molar-refractivity contribution < 1.29 is 24.9 Å². The van der Waals surface area contributed by atoms with Crippen LogP contribution >= 0.6 is 0 Å². The molecule has 1 aromatic rings. The molecule has 5 heteroatoms. The standard InChI is InChI=1S/C28H42O5/c1-19(9-8-10-21(3)26(30)13-14-28(5,6)32)15-24(29)16-20(2)11-12-23-18-25(33-7)17-22(4)27(23)31/h11,13-15,17-18,21,24,29,31-32H,8-10,12,16H2,1-7H3. The Hall–Kier alpha value is -2.37. The third kappa shape index (κ3) is 11.4. The van der Waals surface area contributed by atoms with Crippen molar-refractivity contribution in [2.75, 3.05) is 7.11 Å². The van der Waals surface area contributed by atoms with E-state index in [4.69, 9.17) is 4.74 Å². The van der Waals surface area contributed by atoms with E-state index in [0.29, 0.717) is 18.6 Å². The first-order valence-corrected chi connectivity index (χ1v) is 11.6. The van der Waals surface area contributed by atoms with Crippen LogP contribution in [-0.2, 0) is 11.2 Å². The summed E-state index contributed by atoms with van der Waals surface area (Å²) in [7, 11) is 1.61. The van der Waals surface area contributed by atoms with E-state index in [-0.39, 0.29) is 17.5 Å². The molecule has 0 saturated carbocycles. The lowest BCUT2D eigenvalue weighted by Gasteiger charge is -2.12. The number of ketones is 1. The monoisotopic (exact) mass is 458 g/mol. The zero-order valence-electron chi connectivity index (χ0n) is 21.3. The Labute approximate surface area is 199 Å². The third-order valence-corrected chi connectivity index (χ3v) is 5.62. The second-order valence-electron chi connectivity index (χ2n) is 9.67. The van der Waals surface area contributed by atoms with Gasteiger partial charge < -0.3 is 20.1 Å². The van der Waals surface area contributed by atoms with E-state index in [1.165, 1.54) is 12.2 Å². The molecule has 0 fully saturated rings. The predicted molar refractivity (Wildman–Crippen MR) is 135 cm³/mol. The Morgan fingerprint density at radius 3 is 2.48 bits per heavy atom. The number of phenolic OH excluding ortho intramolecular Hbond substituents is 1. The van der Waals surface area contributed by atoms with Crippen LogP contribution in [0.15, 0.2) is 47.6 Å². The van der Waals surface area contributed by atoms with Crippen LogP contribution in [0.25, 0.3) is 0 Å². The number of aromatic hydroxyl groups is 1. The van der Waals surface area contributed by atoms with Gasteiger partial charge in [0.1, 0.15) is 11.5 Å². The fourth-order valence-electron chi connectivity index (χ4n) is 3.54. The fourth-order valence-corrected chi connectivity index (χ4v) is 3.54. The van der Waals surface area contributed by atoms with E-state index in [1.807, 2.05) is 45.9 Å². The molecule has 0 radical (unpaired) electrons. The van der Waals surface area contributed by atoms with Crippen LogP contribution in [0.2, 0.25) is 0 Å². The fraction of sp³-hybridized carbons (Fsp3) is 0.536. The molecule has 1 rings (SSSR count). The largest absolute Gasteiger partial charge is 0.507 e. The molecule has 5 nitrogen and oxygen atoms in total. The highest BCUT2D eigenvalue weighted by molar-refractivity contribution is 5.91. The number of allylic oxidation sites excluding steroid dienone is 3. The molecule has 2 atom stereocenters. The van der Waals surface area contributed by atoms with Gasteiger partial charge in [0, 0.05) is 11.5 Å². The second-order valence-corrected chi connectivity index (χ2v) is 9.67. The van der Waals surface area contributed by atoms with Gasteiger partial charge >= 0.3 is 0 Å². The highest BCUT2D eigenvalue weighted by atomic mass is 16.5. The summed E-state index contributed by atoms with van der Waals surface area (Å²) in [6, 6.07) is 3.63. The molecule has 0 amide bonds. The summed E-state index contributed by atoms with van der Waals surface area (Å²) >= 11 is 0. The van der Waals surface area contributed by atoms with Crippen molar-refractivity contribution in [3.05, 3.63) is 58.7 Å². The van der Waals surface area contributed by atoms with Crippen molar-refractivity contribution in [2.45, 2.75) is 85.4 Å². The van der Waals surface area contributed by atoms with Crippen molar-refractivity contribution in [3.63, 3.8) is 0 Å². The summed E-state index contributed by atoms with van der Waals surface area (Å²) in [5.41, 5.74) is 2.74. The van der Waals surface area contributed by atoms with Gasteiger partial charge in [0.25, 0.3) is 0 Å². The number of aliphatic hydroxyl groups excluding tert-OH is 1. The highest BCUT2D eigenvalue weighted by Gasteiger charge is 2.13. The topological polar surface area (TPSA) is 87.0 Å². The van der Waals surface area contributed by atoms with Crippen molar-refractivity contribution in [3.8, 4) is 11.5 Å². The predicted octanol–water partition coefficient (Wildman–Crippen LogP) is 5.60. The van der Waals surface area contributed by atoms with E-state index in [2.05, 4.69) is 0 Å². The van der Waals surface area contributed by atoms with Gasteiger partial charge in [-0.25, -0.2) is 0 Å². The first-order valence-electron chi connectivity index (χ1n) is 11.6. The molecule has 0 heterocycles. The second kappa shape index (κ2) is 13.4. The van der Waals surface area contributed by atoms with E-state index >= 15 is 0 Å². The minimum Gasteiger partial charge on any atom is -0.507 e. The summed E-state index contributed by atoms with van der Waals surface area (Å²) in [5, 5.41) is 30.4. The molecule has 3 N–H and O–H groups in total. The van der Waals surface area contributed by atoms with E-state index in [1.54, 1.807) is 27.0 Å². The zero-order valence-corrected chi connectivity index (χ0v) is 21.3. The first-order chi connectivity index (χ1) is 15.3. The molecule has 2 unspecified atom stereocenters. The van der Waals surface area contributed by atoms with Gasteiger partial charge in [-0.15, -0.1) is 0 Å². The molecule has 184 valence electrons. The first kappa shape index (κ1) is 28.7. The van der Waals surface area contributed by atoms with E-state index < -0.39 is 11.7 Å². The molecule has 0 spiro atoms. The smallest absolute Gasteiger partial charge is 0.158 e. The number of aliphatic hydroxyl groups is 2. The number of benzene rings is 1. The Morgan fingerprint density at radius 2 is 1.88 bits per heavy atom. The van der Waals surface area contributed by atoms with Crippen molar-refractivity contribution in [1.29, 1.82) is 0 Å². The van der Waals surface area contributed by atoms with Gasteiger partial charge in [-0.3, -0.25) is 4.79 Å². The number of hydrogen-bond acceptors (Lipinski definition) is 5. The number of rotatable bonds is 13. The van der Waals surface area contributed by atoms with Crippen molar-refractivity contribution in [2.24, 2.45) is 5.92 Å². The Morgan fingerprint density at radius 1 is 1.21 bits per heavy atom. The van der Waals surface area contributed by atoms with Gasteiger partial charge in [-0.1, -0.05) is 36.3 Å². The molecule has 0 aliphatic carbocycles. The average Bonchev–Trinajstić information content (AvgIpc) is 2.71. The lowest BCUT2D eigenvalue weighted by molar-refractivity contribution is -0.118. The Balaban J connectivity index is 2.54. The maximum Gasteiger partial charge on any atom is 0.158 e. The normalized spacial score (nSPS) is 15.1. The maximum atomic E-state index is 12.1. The van der Waals surface area contributed by atoms with Gasteiger partial charge in [0.05, 0.1) is 18.8 Å². The third-order valence-electron chi connectivity index (χ3n) is 5.62. The van der Waals surface area contributed by atoms with Gasteiger partial charge in [-0.2, -0.15) is 0 Å². The number of phenols is 1. The molecular weight excluding hydrogens is 416 g/mol. The Bertz CT molecular complexity index is 871. The Kier molecular flexibility index (Phi) is 11.6. The molecule has 0 bridgehead atoms. The summed E-state index contributed by atoms with van der Waals surface area (Å²) in [6.07, 6.45) is 9.87. The molecule has 0 aliphatic rings. The molecule has 0 aliphatic heterocycles. The van der Waals surface area contributed by atoms with Crippen LogP contribution in [0.5, 0.6) is 11.5 Å². The zero-order chi connectivity index (χ0) is 25.2. The number of carbonyl (C=O) groups is 1. The van der Waals surface area contributed by atoms with Gasteiger partial charge in [-0.05, 0) is 90.5 Å². The number of methoxy groups -OCH3 is 1.